The lowest BCUT2D eigenvalue weighted by atomic mass is 9.98. The van der Waals surface area contributed by atoms with Crippen molar-refractivity contribution in [3.8, 4) is 5.75 Å². The van der Waals surface area contributed by atoms with E-state index in [9.17, 15) is 29.4 Å². The number of hydrogen-bond acceptors (Lipinski definition) is 7. The van der Waals surface area contributed by atoms with Crippen molar-refractivity contribution in [2.24, 2.45) is 10.2 Å². The van der Waals surface area contributed by atoms with Gasteiger partial charge < -0.3 is 15.5 Å². The van der Waals surface area contributed by atoms with Crippen LogP contribution in [0.2, 0.25) is 5.02 Å². The van der Waals surface area contributed by atoms with Gasteiger partial charge in [0.25, 0.3) is 5.91 Å². The lowest BCUT2D eigenvalue weighted by Crippen LogP contribution is -2.31. The Morgan fingerprint density at radius 2 is 1.59 bits per heavy atom. The Kier molecular flexibility index (Phi) is 7.50. The van der Waals surface area contributed by atoms with Crippen LogP contribution >= 0.6 is 11.6 Å². The lowest BCUT2D eigenvalue weighted by Gasteiger charge is -2.10. The topological polar surface area (TPSA) is 145 Å². The number of carbonyl (C=O) groups excluding carboxylic acids is 3. The number of aromatic carboxylic acids is 1. The molecule has 3 aromatic rings. The number of hydrogen-bond donors (Lipinski definition) is 3. The van der Waals surface area contributed by atoms with Crippen LogP contribution in [0.1, 0.15) is 33.2 Å². The molecule has 0 radical (unpaired) electrons. The molecule has 0 aliphatic rings. The number of azo groups is 1. The van der Waals surface area contributed by atoms with Crippen LogP contribution in [0.25, 0.3) is 0 Å². The lowest BCUT2D eigenvalue weighted by molar-refractivity contribution is -0.126. The number of nitrogens with zero attached hydrogens (tertiary/aromatic N) is 2. The summed E-state index contributed by atoms with van der Waals surface area (Å²) >= 11 is 6.01. The van der Waals surface area contributed by atoms with Gasteiger partial charge >= 0.3 is 5.97 Å². The number of carboxylic acids is 1. The molecule has 1 atom stereocenters. The Balaban J connectivity index is 1.82. The Hall–Kier alpha value is -4.37. The molecule has 0 spiro atoms. The van der Waals surface area contributed by atoms with E-state index in [1.807, 2.05) is 0 Å². The normalized spacial score (nSPS) is 11.7. The maximum atomic E-state index is 12.7. The second-order valence-corrected chi connectivity index (χ2v) is 7.49. The fourth-order valence-corrected chi connectivity index (χ4v) is 3.16. The number of anilines is 1. The Labute approximate surface area is 198 Å². The van der Waals surface area contributed by atoms with Crippen molar-refractivity contribution in [2.75, 3.05) is 5.32 Å². The van der Waals surface area contributed by atoms with Crippen molar-refractivity contribution in [1.82, 2.24) is 0 Å². The number of phenols is 1. The molecule has 3 aromatic carbocycles. The number of carbonyl (C=O) groups is 4. The van der Waals surface area contributed by atoms with Crippen molar-refractivity contribution >= 4 is 46.4 Å². The predicted molar refractivity (Wildman–Crippen MR) is 124 cm³/mol. The van der Waals surface area contributed by atoms with Gasteiger partial charge in [-0.25, -0.2) is 4.79 Å². The molecule has 10 heteroatoms. The second kappa shape index (κ2) is 10.5. The highest BCUT2D eigenvalue weighted by Crippen LogP contribution is 2.29. The van der Waals surface area contributed by atoms with E-state index in [2.05, 4.69) is 15.5 Å². The molecule has 34 heavy (non-hydrogen) atoms. The van der Waals surface area contributed by atoms with E-state index in [-0.39, 0.29) is 27.4 Å². The van der Waals surface area contributed by atoms with Gasteiger partial charge in [0, 0.05) is 11.1 Å². The number of benzene rings is 3. The minimum atomic E-state index is -1.50. The number of para-hydroxylation sites is 1. The Morgan fingerprint density at radius 3 is 2.21 bits per heavy atom. The van der Waals surface area contributed by atoms with Crippen LogP contribution < -0.4 is 5.32 Å². The number of ketones is 2. The smallest absolute Gasteiger partial charge is 0.336 e. The standard InChI is InChI=1S/C24H18ClN3O6/c1-13(29)21(23(32)26-18-9-5-4-8-17(18)25)28-27-19-11-10-14(12-20(19)30)22(31)15-6-2-3-7-16(15)24(33)34/h2-12,21,30H,1H3,(H,26,32)(H,33,34). The van der Waals surface area contributed by atoms with Gasteiger partial charge in [-0.05, 0) is 43.3 Å². The summed E-state index contributed by atoms with van der Waals surface area (Å²) < 4.78 is 0. The average molecular weight is 480 g/mol. The van der Waals surface area contributed by atoms with E-state index < -0.39 is 35.2 Å². The zero-order chi connectivity index (χ0) is 24.8. The van der Waals surface area contributed by atoms with E-state index in [1.54, 1.807) is 24.3 Å². The third-order valence-corrected chi connectivity index (χ3v) is 5.02. The minimum Gasteiger partial charge on any atom is -0.506 e. The SMILES string of the molecule is CC(=O)C(N=Nc1ccc(C(=O)c2ccccc2C(=O)O)cc1O)C(=O)Nc1ccccc1Cl. The first-order valence-electron chi connectivity index (χ1n) is 9.85. The van der Waals surface area contributed by atoms with Crippen molar-refractivity contribution < 1.29 is 29.4 Å². The maximum absolute atomic E-state index is 12.7. The molecule has 1 amide bonds. The highest BCUT2D eigenvalue weighted by Gasteiger charge is 2.24. The molecule has 0 aliphatic carbocycles. The van der Waals surface area contributed by atoms with Crippen LogP contribution in [-0.4, -0.2) is 39.7 Å². The summed E-state index contributed by atoms with van der Waals surface area (Å²) in [6, 6.07) is 14.3. The Bertz CT molecular complexity index is 1320. The summed E-state index contributed by atoms with van der Waals surface area (Å²) in [6.45, 7) is 1.16. The van der Waals surface area contributed by atoms with Crippen LogP contribution in [0.3, 0.4) is 0 Å². The van der Waals surface area contributed by atoms with Gasteiger partial charge in [0.05, 0.1) is 16.3 Å². The molecule has 3 N–H and O–H groups in total. The van der Waals surface area contributed by atoms with Gasteiger partial charge in [0.2, 0.25) is 6.04 Å². The summed E-state index contributed by atoms with van der Waals surface area (Å²) in [4.78, 5) is 48.6. The molecule has 9 nitrogen and oxygen atoms in total. The van der Waals surface area contributed by atoms with E-state index in [0.29, 0.717) is 5.69 Å². The van der Waals surface area contributed by atoms with Gasteiger partial charge in [-0.1, -0.05) is 41.9 Å². The van der Waals surface area contributed by atoms with Gasteiger partial charge in [-0.15, -0.1) is 0 Å². The van der Waals surface area contributed by atoms with E-state index in [1.165, 1.54) is 36.4 Å². The third kappa shape index (κ3) is 5.51. The molecule has 3 rings (SSSR count). The molecular formula is C24H18ClN3O6. The molecule has 0 bridgehead atoms. The van der Waals surface area contributed by atoms with Crippen LogP contribution in [0.15, 0.2) is 77.0 Å². The van der Waals surface area contributed by atoms with Gasteiger partial charge in [-0.3, -0.25) is 14.4 Å². The molecule has 0 aromatic heterocycles. The number of amides is 1. The fourth-order valence-electron chi connectivity index (χ4n) is 2.97. The van der Waals surface area contributed by atoms with Crippen LogP contribution in [0.5, 0.6) is 5.75 Å². The molecule has 0 saturated carbocycles. The maximum Gasteiger partial charge on any atom is 0.336 e. The van der Waals surface area contributed by atoms with Gasteiger partial charge in [0.15, 0.2) is 11.6 Å². The summed E-state index contributed by atoms with van der Waals surface area (Å²) in [5.41, 5.74) is -0.00573. The van der Waals surface area contributed by atoms with E-state index in [4.69, 9.17) is 11.6 Å². The first-order chi connectivity index (χ1) is 16.2. The minimum absolute atomic E-state index is 0.0183. The van der Waals surface area contributed by atoms with Crippen molar-refractivity contribution in [3.63, 3.8) is 0 Å². The first kappa shape index (κ1) is 24.3. The molecule has 0 fully saturated rings. The molecule has 172 valence electrons. The molecule has 1 unspecified atom stereocenters. The number of Topliss-reactive ketones (excluding diaryl/α,β-unsaturated/α-hetero) is 1. The molecular weight excluding hydrogens is 462 g/mol. The summed E-state index contributed by atoms with van der Waals surface area (Å²) in [5.74, 6) is -3.68. The second-order valence-electron chi connectivity index (χ2n) is 7.08. The van der Waals surface area contributed by atoms with Gasteiger partial charge in [-0.2, -0.15) is 10.2 Å². The largest absolute Gasteiger partial charge is 0.506 e. The fraction of sp³-hybridized carbons (Fsp3) is 0.0833. The van der Waals surface area contributed by atoms with Crippen LogP contribution in [0.4, 0.5) is 11.4 Å². The number of rotatable bonds is 8. The number of carboxylic acid groups (broad SMARTS) is 1. The predicted octanol–water partition coefficient (Wildman–Crippen LogP) is 4.65. The summed E-state index contributed by atoms with van der Waals surface area (Å²) in [5, 5.41) is 29.9. The zero-order valence-corrected chi connectivity index (χ0v) is 18.5. The molecule has 0 aliphatic heterocycles. The van der Waals surface area contributed by atoms with E-state index in [0.717, 1.165) is 13.0 Å². The zero-order valence-electron chi connectivity index (χ0n) is 17.7. The number of aromatic hydroxyl groups is 1. The molecule has 0 saturated heterocycles. The van der Waals surface area contributed by atoms with Crippen molar-refractivity contribution in [1.29, 1.82) is 0 Å². The third-order valence-electron chi connectivity index (χ3n) is 4.69. The van der Waals surface area contributed by atoms with Crippen LogP contribution in [-0.2, 0) is 9.59 Å². The summed E-state index contributed by atoms with van der Waals surface area (Å²) in [7, 11) is 0. The van der Waals surface area contributed by atoms with Gasteiger partial charge in [0.1, 0.15) is 11.4 Å². The highest BCUT2D eigenvalue weighted by molar-refractivity contribution is 6.33. The molecule has 0 heterocycles. The average Bonchev–Trinajstić information content (AvgIpc) is 2.80. The first-order valence-corrected chi connectivity index (χ1v) is 10.2. The van der Waals surface area contributed by atoms with E-state index >= 15 is 0 Å². The quantitative estimate of drug-likeness (QED) is 0.243. The summed E-state index contributed by atoms with van der Waals surface area (Å²) in [6.07, 6.45) is 0. The van der Waals surface area contributed by atoms with Crippen molar-refractivity contribution in [3.05, 3.63) is 88.4 Å². The van der Waals surface area contributed by atoms with Crippen molar-refractivity contribution in [2.45, 2.75) is 13.0 Å². The number of nitrogens with one attached hydrogen (secondary N) is 1. The number of halogens is 1. The highest BCUT2D eigenvalue weighted by atomic mass is 35.5. The number of phenolic OH excluding ortho intramolecular Hbond substituents is 1. The van der Waals surface area contributed by atoms with Crippen LogP contribution in [0, 0.1) is 0 Å². The Morgan fingerprint density at radius 1 is 0.941 bits per heavy atom. The monoisotopic (exact) mass is 479 g/mol.